The van der Waals surface area contributed by atoms with E-state index in [2.05, 4.69) is 0 Å². The Labute approximate surface area is 131 Å². The summed E-state index contributed by atoms with van der Waals surface area (Å²) in [6.45, 7) is 2.61. The molecule has 0 atom stereocenters. The summed E-state index contributed by atoms with van der Waals surface area (Å²) in [5, 5.41) is 39.0. The second-order valence-electron chi connectivity index (χ2n) is 5.26. The molecule has 0 bridgehead atoms. The molecule has 0 unspecified atom stereocenters. The molecule has 0 fully saturated rings. The summed E-state index contributed by atoms with van der Waals surface area (Å²) >= 11 is 0. The lowest BCUT2D eigenvalue weighted by Gasteiger charge is -2.15. The van der Waals surface area contributed by atoms with Crippen LogP contribution in [0, 0.1) is 13.8 Å². The van der Waals surface area contributed by atoms with Crippen LogP contribution in [0.15, 0.2) is 12.1 Å². The number of phenolic OH excluding ortho intramolecular Hbond substituents is 2. The largest absolute Gasteiger partial charge is 0.507 e. The molecular formula is C16H14O7. The standard InChI is InChI=1S/C16H14O7/c1-6-3-9(18)8(5-17)14-11(6)16(21)23-15-12(20)10(19)4-7(2)13(15)22-14/h3-4,17-20H,5H2,1-2H3. The molecule has 0 aromatic heterocycles. The van der Waals surface area contributed by atoms with Crippen molar-refractivity contribution in [3.8, 4) is 34.5 Å². The molecular weight excluding hydrogens is 304 g/mol. The van der Waals surface area contributed by atoms with E-state index in [9.17, 15) is 25.2 Å². The number of rotatable bonds is 1. The van der Waals surface area contributed by atoms with Gasteiger partial charge >= 0.3 is 5.97 Å². The molecule has 0 aliphatic carbocycles. The topological polar surface area (TPSA) is 116 Å². The molecule has 0 radical (unpaired) electrons. The number of fused-ring (bicyclic) bond motifs is 2. The minimum Gasteiger partial charge on any atom is -0.507 e. The van der Waals surface area contributed by atoms with Gasteiger partial charge in [0.05, 0.1) is 12.2 Å². The van der Waals surface area contributed by atoms with E-state index < -0.39 is 24.1 Å². The highest BCUT2D eigenvalue weighted by atomic mass is 16.6. The van der Waals surface area contributed by atoms with E-state index in [1.807, 2.05) is 0 Å². The number of phenols is 3. The Morgan fingerprint density at radius 1 is 0.913 bits per heavy atom. The number of esters is 1. The summed E-state index contributed by atoms with van der Waals surface area (Å²) in [7, 11) is 0. The van der Waals surface area contributed by atoms with Crippen molar-refractivity contribution in [2.24, 2.45) is 0 Å². The number of aryl methyl sites for hydroxylation is 2. The van der Waals surface area contributed by atoms with Crippen molar-refractivity contribution < 1.29 is 34.7 Å². The summed E-state index contributed by atoms with van der Waals surface area (Å²) in [4.78, 5) is 12.4. The van der Waals surface area contributed by atoms with E-state index in [1.54, 1.807) is 13.8 Å². The van der Waals surface area contributed by atoms with Gasteiger partial charge in [0.25, 0.3) is 0 Å². The van der Waals surface area contributed by atoms with E-state index in [0.29, 0.717) is 11.1 Å². The molecule has 23 heavy (non-hydrogen) atoms. The van der Waals surface area contributed by atoms with Crippen LogP contribution in [0.3, 0.4) is 0 Å². The predicted molar refractivity (Wildman–Crippen MR) is 78.3 cm³/mol. The highest BCUT2D eigenvalue weighted by molar-refractivity contribution is 5.98. The average molecular weight is 318 g/mol. The number of benzene rings is 2. The molecule has 0 saturated carbocycles. The molecule has 1 aliphatic rings. The van der Waals surface area contributed by atoms with Crippen LogP contribution in [-0.2, 0) is 6.61 Å². The van der Waals surface area contributed by atoms with Crippen LogP contribution in [0.4, 0.5) is 0 Å². The van der Waals surface area contributed by atoms with Crippen molar-refractivity contribution >= 4 is 5.97 Å². The Bertz CT molecular complexity index is 839. The molecule has 4 N–H and O–H groups in total. The van der Waals surface area contributed by atoms with Crippen molar-refractivity contribution in [1.82, 2.24) is 0 Å². The third-order valence-corrected chi connectivity index (χ3v) is 3.69. The van der Waals surface area contributed by atoms with E-state index in [-0.39, 0.29) is 34.1 Å². The maximum Gasteiger partial charge on any atom is 0.347 e. The number of ether oxygens (including phenoxy) is 2. The van der Waals surface area contributed by atoms with E-state index >= 15 is 0 Å². The highest BCUT2D eigenvalue weighted by Crippen LogP contribution is 2.51. The van der Waals surface area contributed by atoms with Gasteiger partial charge in [0.15, 0.2) is 17.2 Å². The number of aromatic hydroxyl groups is 3. The van der Waals surface area contributed by atoms with Crippen LogP contribution >= 0.6 is 0 Å². The Morgan fingerprint density at radius 2 is 1.57 bits per heavy atom. The van der Waals surface area contributed by atoms with Gasteiger partial charge in [0, 0.05) is 0 Å². The van der Waals surface area contributed by atoms with Crippen molar-refractivity contribution in [3.63, 3.8) is 0 Å². The normalized spacial score (nSPS) is 12.7. The molecule has 3 rings (SSSR count). The van der Waals surface area contributed by atoms with Gasteiger partial charge in [0.2, 0.25) is 11.5 Å². The Kier molecular flexibility index (Phi) is 3.30. The SMILES string of the molecule is Cc1cc(O)c(O)c2c1Oc1c(CO)c(O)cc(C)c1C(=O)O2. The van der Waals surface area contributed by atoms with Gasteiger partial charge in [-0.2, -0.15) is 0 Å². The fraction of sp³-hybridized carbons (Fsp3) is 0.188. The number of hydrogen-bond donors (Lipinski definition) is 4. The minimum absolute atomic E-state index is 0.0205. The lowest BCUT2D eigenvalue weighted by molar-refractivity contribution is 0.0731. The first-order valence-corrected chi connectivity index (χ1v) is 6.77. The smallest absolute Gasteiger partial charge is 0.347 e. The number of hydrogen-bond acceptors (Lipinski definition) is 7. The summed E-state index contributed by atoms with van der Waals surface area (Å²) in [6.07, 6.45) is 0. The average Bonchev–Trinajstić information content (AvgIpc) is 2.62. The summed E-state index contributed by atoms with van der Waals surface area (Å²) in [6, 6.07) is 2.57. The zero-order chi connectivity index (χ0) is 16.9. The van der Waals surface area contributed by atoms with Crippen LogP contribution in [0.1, 0.15) is 27.0 Å². The lowest BCUT2D eigenvalue weighted by atomic mass is 10.0. The van der Waals surface area contributed by atoms with Gasteiger partial charge in [-0.25, -0.2) is 4.79 Å². The molecule has 7 heteroatoms. The number of aliphatic hydroxyl groups excluding tert-OH is 1. The van der Waals surface area contributed by atoms with Crippen LogP contribution in [-0.4, -0.2) is 26.4 Å². The second-order valence-corrected chi connectivity index (χ2v) is 5.26. The molecule has 1 aliphatic heterocycles. The van der Waals surface area contributed by atoms with Gasteiger partial charge in [0.1, 0.15) is 11.3 Å². The third-order valence-electron chi connectivity index (χ3n) is 3.69. The highest BCUT2D eigenvalue weighted by Gasteiger charge is 2.32. The van der Waals surface area contributed by atoms with Gasteiger partial charge in [-0.15, -0.1) is 0 Å². The van der Waals surface area contributed by atoms with E-state index in [0.717, 1.165) is 0 Å². The first kappa shape index (κ1) is 15.0. The first-order chi connectivity index (χ1) is 10.8. The second kappa shape index (κ2) is 5.06. The van der Waals surface area contributed by atoms with E-state index in [4.69, 9.17) is 9.47 Å². The Morgan fingerprint density at radius 3 is 2.22 bits per heavy atom. The zero-order valence-electron chi connectivity index (χ0n) is 12.4. The van der Waals surface area contributed by atoms with Gasteiger partial charge in [-0.05, 0) is 37.1 Å². The van der Waals surface area contributed by atoms with E-state index in [1.165, 1.54) is 12.1 Å². The molecule has 120 valence electrons. The maximum absolute atomic E-state index is 12.4. The number of aliphatic hydroxyl groups is 1. The van der Waals surface area contributed by atoms with Crippen molar-refractivity contribution in [3.05, 3.63) is 34.4 Å². The zero-order valence-corrected chi connectivity index (χ0v) is 12.4. The fourth-order valence-corrected chi connectivity index (χ4v) is 2.54. The molecule has 0 saturated heterocycles. The number of carbonyl (C=O) groups excluding carboxylic acids is 1. The molecule has 7 nitrogen and oxygen atoms in total. The first-order valence-electron chi connectivity index (χ1n) is 6.77. The molecule has 0 amide bonds. The third kappa shape index (κ3) is 2.13. The summed E-state index contributed by atoms with van der Waals surface area (Å²) in [5.41, 5.74) is 0.846. The van der Waals surface area contributed by atoms with Crippen LogP contribution in [0.25, 0.3) is 0 Å². The van der Waals surface area contributed by atoms with Crippen LogP contribution in [0.5, 0.6) is 34.5 Å². The number of carbonyl (C=O) groups is 1. The summed E-state index contributed by atoms with van der Waals surface area (Å²) in [5.74, 6) is -2.46. The summed E-state index contributed by atoms with van der Waals surface area (Å²) < 4.78 is 10.8. The van der Waals surface area contributed by atoms with Gasteiger partial charge in [-0.3, -0.25) is 0 Å². The maximum atomic E-state index is 12.4. The molecule has 2 aromatic rings. The van der Waals surface area contributed by atoms with Crippen LogP contribution < -0.4 is 9.47 Å². The lowest BCUT2D eigenvalue weighted by Crippen LogP contribution is -2.10. The monoisotopic (exact) mass is 318 g/mol. The quantitative estimate of drug-likeness (QED) is 0.362. The van der Waals surface area contributed by atoms with Crippen LogP contribution in [0.2, 0.25) is 0 Å². The molecule has 0 spiro atoms. The van der Waals surface area contributed by atoms with Gasteiger partial charge < -0.3 is 29.9 Å². The minimum atomic E-state index is -0.828. The molecule has 2 aromatic carbocycles. The van der Waals surface area contributed by atoms with Crippen molar-refractivity contribution in [2.75, 3.05) is 0 Å². The van der Waals surface area contributed by atoms with Gasteiger partial charge in [-0.1, -0.05) is 0 Å². The Balaban J connectivity index is 2.35. The Hall–Kier alpha value is -2.93. The predicted octanol–water partition coefficient (Wildman–Crippen LogP) is 2.24. The molecule has 1 heterocycles. The fourth-order valence-electron chi connectivity index (χ4n) is 2.54. The van der Waals surface area contributed by atoms with Crippen molar-refractivity contribution in [1.29, 1.82) is 0 Å². The van der Waals surface area contributed by atoms with Crippen molar-refractivity contribution in [2.45, 2.75) is 20.5 Å².